The normalized spacial score (nSPS) is 16.5. The van der Waals surface area contributed by atoms with Crippen molar-refractivity contribution < 1.29 is 18.3 Å². The third-order valence-corrected chi connectivity index (χ3v) is 5.73. The Bertz CT molecular complexity index is 1240. The predicted molar refractivity (Wildman–Crippen MR) is 129 cm³/mol. The molecule has 184 valence electrons. The van der Waals surface area contributed by atoms with Crippen molar-refractivity contribution >= 4 is 16.9 Å². The van der Waals surface area contributed by atoms with Crippen LogP contribution in [-0.2, 0) is 4.74 Å². The van der Waals surface area contributed by atoms with Gasteiger partial charge in [-0.25, -0.2) is 23.7 Å². The second-order valence-electron chi connectivity index (χ2n) is 8.35. The van der Waals surface area contributed by atoms with Crippen molar-refractivity contribution in [2.24, 2.45) is 0 Å². The average Bonchev–Trinajstić information content (AvgIpc) is 2.84. The van der Waals surface area contributed by atoms with E-state index in [4.69, 9.17) is 19.4 Å². The molecular weight excluding hydrogens is 454 g/mol. The maximum atomic E-state index is 14.0. The lowest BCUT2D eigenvalue weighted by Gasteiger charge is -2.30. The summed E-state index contributed by atoms with van der Waals surface area (Å²) >= 11 is 0. The quantitative estimate of drug-likeness (QED) is 0.344. The standard InChI is InChI=1S/C25H28F2N6O2/c1-16(26)12-19(27)17(2)35-18-6-4-10-33(11-5-7-18)25-24(22-14-29-15-23(30-22)34-3)31-21-13-28-9-8-20(21)32-25/h8-9,12-15,18H,4-7,10-11H2,1-3H3/b16-12+,19-17-. The summed E-state index contributed by atoms with van der Waals surface area (Å²) in [5.74, 6) is -0.0579. The van der Waals surface area contributed by atoms with Gasteiger partial charge in [-0.3, -0.25) is 9.97 Å². The van der Waals surface area contributed by atoms with E-state index in [1.807, 2.05) is 6.07 Å². The SMILES string of the molecule is COc1cncc(-c2nc3cnccc3nc2N2CCCC(O/C(C)=C(F)/C=C(\C)F)CCC2)n1. The number of nitrogens with zero attached hydrogens (tertiary/aromatic N) is 6. The average molecular weight is 483 g/mol. The highest BCUT2D eigenvalue weighted by Gasteiger charge is 2.23. The number of hydrogen-bond donors (Lipinski definition) is 0. The van der Waals surface area contributed by atoms with Gasteiger partial charge in [-0.2, -0.15) is 0 Å². The molecule has 0 N–H and O–H groups in total. The van der Waals surface area contributed by atoms with Crippen LogP contribution in [0.4, 0.5) is 14.6 Å². The Labute approximate surface area is 202 Å². The summed E-state index contributed by atoms with van der Waals surface area (Å²) in [6.45, 7) is 4.16. The molecule has 3 aromatic rings. The predicted octanol–water partition coefficient (Wildman–Crippen LogP) is 5.33. The summed E-state index contributed by atoms with van der Waals surface area (Å²) in [4.78, 5) is 24.8. The van der Waals surface area contributed by atoms with E-state index in [9.17, 15) is 8.78 Å². The number of halogens is 2. The number of fused-ring (bicyclic) bond motifs is 1. The fourth-order valence-electron chi connectivity index (χ4n) is 4.04. The van der Waals surface area contributed by atoms with Gasteiger partial charge in [-0.1, -0.05) is 0 Å². The molecule has 4 rings (SSSR count). The van der Waals surface area contributed by atoms with E-state index in [2.05, 4.69) is 19.9 Å². The Morgan fingerprint density at radius 3 is 2.49 bits per heavy atom. The van der Waals surface area contributed by atoms with Gasteiger partial charge in [0, 0.05) is 25.4 Å². The lowest BCUT2D eigenvalue weighted by atomic mass is 10.0. The Hall–Kier alpha value is -3.69. The Balaban J connectivity index is 1.57. The first-order valence-corrected chi connectivity index (χ1v) is 11.5. The van der Waals surface area contributed by atoms with E-state index in [0.717, 1.165) is 43.1 Å². The lowest BCUT2D eigenvalue weighted by molar-refractivity contribution is 0.0910. The minimum absolute atomic E-state index is 0.109. The van der Waals surface area contributed by atoms with Gasteiger partial charge in [0.2, 0.25) is 5.88 Å². The van der Waals surface area contributed by atoms with Crippen molar-refractivity contribution in [2.45, 2.75) is 45.6 Å². The summed E-state index contributed by atoms with van der Waals surface area (Å²) in [7, 11) is 1.54. The molecule has 0 saturated carbocycles. The fourth-order valence-corrected chi connectivity index (χ4v) is 4.04. The molecule has 0 bridgehead atoms. The first-order chi connectivity index (χ1) is 16.9. The van der Waals surface area contributed by atoms with Gasteiger partial charge in [0.25, 0.3) is 0 Å². The molecule has 0 atom stereocenters. The zero-order chi connectivity index (χ0) is 24.8. The summed E-state index contributed by atoms with van der Waals surface area (Å²) in [6.07, 6.45) is 10.3. The van der Waals surface area contributed by atoms with E-state index in [1.54, 1.807) is 31.9 Å². The minimum Gasteiger partial charge on any atom is -0.492 e. The molecule has 8 nitrogen and oxygen atoms in total. The monoisotopic (exact) mass is 482 g/mol. The van der Waals surface area contributed by atoms with Gasteiger partial charge in [-0.15, -0.1) is 0 Å². The molecular formula is C25H28F2N6O2. The van der Waals surface area contributed by atoms with Crippen molar-refractivity contribution in [3.63, 3.8) is 0 Å². The van der Waals surface area contributed by atoms with Crippen LogP contribution < -0.4 is 9.64 Å². The molecule has 35 heavy (non-hydrogen) atoms. The molecule has 0 aromatic carbocycles. The van der Waals surface area contributed by atoms with Crippen LogP contribution in [0.1, 0.15) is 39.5 Å². The number of aromatic nitrogens is 5. The van der Waals surface area contributed by atoms with Crippen molar-refractivity contribution in [3.05, 3.63) is 54.3 Å². The van der Waals surface area contributed by atoms with Crippen LogP contribution in [0, 0.1) is 0 Å². The van der Waals surface area contributed by atoms with E-state index in [1.165, 1.54) is 13.8 Å². The maximum Gasteiger partial charge on any atom is 0.232 e. The van der Waals surface area contributed by atoms with Gasteiger partial charge in [0.05, 0.1) is 43.1 Å². The lowest BCUT2D eigenvalue weighted by Crippen LogP contribution is -2.31. The molecule has 1 saturated heterocycles. The fraction of sp³-hybridized carbons (Fsp3) is 0.400. The zero-order valence-corrected chi connectivity index (χ0v) is 20.0. The van der Waals surface area contributed by atoms with Crippen LogP contribution in [-0.4, -0.2) is 51.2 Å². The van der Waals surface area contributed by atoms with E-state index >= 15 is 0 Å². The Kier molecular flexibility index (Phi) is 7.79. The van der Waals surface area contributed by atoms with Crippen LogP contribution >= 0.6 is 0 Å². The van der Waals surface area contributed by atoms with Gasteiger partial charge < -0.3 is 14.4 Å². The molecule has 0 radical (unpaired) electrons. The summed E-state index contributed by atoms with van der Waals surface area (Å²) < 4.78 is 38.1. The van der Waals surface area contributed by atoms with E-state index < -0.39 is 11.7 Å². The number of allylic oxidation sites excluding steroid dienone is 4. The van der Waals surface area contributed by atoms with Gasteiger partial charge in [-0.05, 0) is 45.6 Å². The van der Waals surface area contributed by atoms with Crippen molar-refractivity contribution in [3.8, 4) is 17.3 Å². The van der Waals surface area contributed by atoms with Gasteiger partial charge in [0.15, 0.2) is 11.6 Å². The van der Waals surface area contributed by atoms with E-state index in [0.29, 0.717) is 35.9 Å². The summed E-state index contributed by atoms with van der Waals surface area (Å²) in [5, 5.41) is 0. The number of pyridine rings is 1. The van der Waals surface area contributed by atoms with Crippen LogP contribution in [0.5, 0.6) is 5.88 Å². The topological polar surface area (TPSA) is 86.2 Å². The summed E-state index contributed by atoms with van der Waals surface area (Å²) in [5.41, 5.74) is 2.58. The van der Waals surface area contributed by atoms with Gasteiger partial charge in [0.1, 0.15) is 22.7 Å². The number of anilines is 1. The van der Waals surface area contributed by atoms with Crippen molar-refractivity contribution in [2.75, 3.05) is 25.1 Å². The molecule has 1 aliphatic rings. The Morgan fingerprint density at radius 2 is 1.77 bits per heavy atom. The minimum atomic E-state index is -0.682. The van der Waals surface area contributed by atoms with Crippen LogP contribution in [0.25, 0.3) is 22.4 Å². The molecule has 0 amide bonds. The van der Waals surface area contributed by atoms with Gasteiger partial charge >= 0.3 is 0 Å². The molecule has 0 spiro atoms. The molecule has 1 fully saturated rings. The molecule has 3 aromatic heterocycles. The second-order valence-corrected chi connectivity index (χ2v) is 8.35. The Morgan fingerprint density at radius 1 is 1.00 bits per heavy atom. The third-order valence-electron chi connectivity index (χ3n) is 5.73. The number of ether oxygens (including phenoxy) is 2. The first-order valence-electron chi connectivity index (χ1n) is 11.5. The maximum absolute atomic E-state index is 14.0. The molecule has 10 heteroatoms. The number of rotatable bonds is 6. The van der Waals surface area contributed by atoms with E-state index in [-0.39, 0.29) is 11.9 Å². The highest BCUT2D eigenvalue weighted by Crippen LogP contribution is 2.31. The van der Waals surface area contributed by atoms with Crippen LogP contribution in [0.3, 0.4) is 0 Å². The molecule has 0 unspecified atom stereocenters. The molecule has 1 aliphatic heterocycles. The largest absolute Gasteiger partial charge is 0.492 e. The summed E-state index contributed by atoms with van der Waals surface area (Å²) in [6, 6.07) is 1.83. The molecule has 0 aliphatic carbocycles. The number of hydrogen-bond acceptors (Lipinski definition) is 8. The molecule has 4 heterocycles. The van der Waals surface area contributed by atoms with Crippen molar-refractivity contribution in [1.82, 2.24) is 24.9 Å². The highest BCUT2D eigenvalue weighted by atomic mass is 19.1. The van der Waals surface area contributed by atoms with Crippen molar-refractivity contribution in [1.29, 1.82) is 0 Å². The third kappa shape index (κ3) is 6.06. The highest BCUT2D eigenvalue weighted by molar-refractivity contribution is 5.81. The first kappa shape index (κ1) is 24.4. The zero-order valence-electron chi connectivity index (χ0n) is 20.0. The number of methoxy groups -OCH3 is 1. The van der Waals surface area contributed by atoms with Crippen LogP contribution in [0.2, 0.25) is 0 Å². The van der Waals surface area contributed by atoms with Crippen LogP contribution in [0.15, 0.2) is 54.3 Å². The second kappa shape index (κ2) is 11.2. The smallest absolute Gasteiger partial charge is 0.232 e.